The van der Waals surface area contributed by atoms with Gasteiger partial charge in [0.2, 0.25) is 11.8 Å². The van der Waals surface area contributed by atoms with Crippen LogP contribution in [0.4, 0.5) is 0 Å². The fraction of sp³-hybridized carbons (Fsp3) is 0.600. The van der Waals surface area contributed by atoms with E-state index in [-0.39, 0.29) is 0 Å². The topological polar surface area (TPSA) is 82.2 Å². The summed E-state index contributed by atoms with van der Waals surface area (Å²) in [4.78, 5) is 11.4. The molecule has 0 aliphatic carbocycles. The van der Waals surface area contributed by atoms with Crippen LogP contribution in [0.15, 0.2) is 0 Å². The van der Waals surface area contributed by atoms with E-state index in [0.29, 0.717) is 18.0 Å². The molecule has 1 heterocycles. The summed E-state index contributed by atoms with van der Waals surface area (Å²) in [5, 5.41) is 7.23. The Kier molecular flexibility index (Phi) is 3.89. The predicted molar refractivity (Wildman–Crippen MR) is 60.1 cm³/mol. The number of nitrogens with one attached hydrogen (secondary N) is 1. The highest BCUT2D eigenvalue weighted by Crippen LogP contribution is 2.27. The number of ether oxygens (including phenoxy) is 1. The summed E-state index contributed by atoms with van der Waals surface area (Å²) in [7, 11) is 3.31. The molecule has 0 aliphatic heterocycles. The minimum absolute atomic E-state index is 0.434. The zero-order chi connectivity index (χ0) is 12.3. The Hall–Kier alpha value is -1.56. The first-order valence-corrected chi connectivity index (χ1v) is 5.13. The number of rotatable bonds is 5. The van der Waals surface area contributed by atoms with E-state index < -0.39 is 11.9 Å². The molecule has 1 unspecified atom stereocenters. The van der Waals surface area contributed by atoms with Gasteiger partial charge in [-0.05, 0) is 13.5 Å². The molecule has 0 aromatic carbocycles. The molecule has 0 saturated heterocycles. The van der Waals surface area contributed by atoms with Crippen LogP contribution in [0.1, 0.15) is 24.2 Å². The van der Waals surface area contributed by atoms with Crippen LogP contribution in [0.5, 0.6) is 5.88 Å². The van der Waals surface area contributed by atoms with Gasteiger partial charge in [0.05, 0.1) is 18.4 Å². The third-order valence-electron chi connectivity index (χ3n) is 2.39. The lowest BCUT2D eigenvalue weighted by atomic mass is 10.1. The number of hydrogen-bond acceptors (Lipinski definition) is 4. The molecule has 0 aliphatic rings. The molecule has 6 heteroatoms. The predicted octanol–water partition coefficient (Wildman–Crippen LogP) is -0.127. The van der Waals surface area contributed by atoms with Gasteiger partial charge in [0.15, 0.2) is 0 Å². The van der Waals surface area contributed by atoms with E-state index >= 15 is 0 Å². The number of carbonyl (C=O) groups is 1. The number of aromatic nitrogens is 2. The Morgan fingerprint density at radius 2 is 2.31 bits per heavy atom. The number of nitrogens with two attached hydrogens (primary N) is 1. The van der Waals surface area contributed by atoms with E-state index in [1.807, 2.05) is 13.8 Å². The van der Waals surface area contributed by atoms with Crippen LogP contribution in [0.25, 0.3) is 0 Å². The third-order valence-corrected chi connectivity index (χ3v) is 2.39. The van der Waals surface area contributed by atoms with Crippen molar-refractivity contribution in [3.63, 3.8) is 0 Å². The van der Waals surface area contributed by atoms with E-state index in [1.54, 1.807) is 18.8 Å². The number of hydrogen-bond donors (Lipinski definition) is 2. The number of aryl methyl sites for hydroxylation is 2. The van der Waals surface area contributed by atoms with Crippen LogP contribution in [-0.4, -0.2) is 29.3 Å². The average Bonchev–Trinajstić information content (AvgIpc) is 2.49. The van der Waals surface area contributed by atoms with Gasteiger partial charge in [0.1, 0.15) is 6.04 Å². The number of likely N-dealkylation sites (N-methyl/N-ethyl adjacent to an activating group) is 1. The van der Waals surface area contributed by atoms with Gasteiger partial charge in [-0.25, -0.2) is 4.68 Å². The monoisotopic (exact) mass is 226 g/mol. The molecule has 0 saturated carbocycles. The fourth-order valence-corrected chi connectivity index (χ4v) is 1.78. The lowest BCUT2D eigenvalue weighted by Gasteiger charge is -2.15. The molecule has 1 aromatic heterocycles. The van der Waals surface area contributed by atoms with Crippen LogP contribution in [-0.2, 0) is 11.8 Å². The number of carbonyl (C=O) groups excluding carboxylic acids is 1. The van der Waals surface area contributed by atoms with Gasteiger partial charge in [-0.2, -0.15) is 5.10 Å². The maximum atomic E-state index is 11.4. The molecule has 1 rings (SSSR count). The van der Waals surface area contributed by atoms with Gasteiger partial charge in [-0.3, -0.25) is 4.79 Å². The highest BCUT2D eigenvalue weighted by Gasteiger charge is 2.26. The van der Waals surface area contributed by atoms with Crippen molar-refractivity contribution in [2.24, 2.45) is 12.8 Å². The van der Waals surface area contributed by atoms with Crippen molar-refractivity contribution in [1.82, 2.24) is 15.1 Å². The molecule has 0 fully saturated rings. The van der Waals surface area contributed by atoms with Gasteiger partial charge in [-0.15, -0.1) is 0 Å². The van der Waals surface area contributed by atoms with Gasteiger partial charge < -0.3 is 15.8 Å². The van der Waals surface area contributed by atoms with Crippen molar-refractivity contribution >= 4 is 5.91 Å². The number of amides is 1. The second-order valence-electron chi connectivity index (χ2n) is 3.53. The summed E-state index contributed by atoms with van der Waals surface area (Å²) >= 11 is 0. The Labute approximate surface area is 94.8 Å². The van der Waals surface area contributed by atoms with E-state index in [1.165, 1.54) is 0 Å². The summed E-state index contributed by atoms with van der Waals surface area (Å²) in [5.41, 5.74) is 6.81. The lowest BCUT2D eigenvalue weighted by Crippen LogP contribution is -2.34. The van der Waals surface area contributed by atoms with Crippen LogP contribution in [0.3, 0.4) is 0 Å². The molecule has 90 valence electrons. The summed E-state index contributed by atoms with van der Waals surface area (Å²) in [5.74, 6) is 0.124. The molecular formula is C10H18N4O2. The van der Waals surface area contributed by atoms with Gasteiger partial charge in [0, 0.05) is 7.05 Å². The second kappa shape index (κ2) is 4.98. The molecule has 6 nitrogen and oxygen atoms in total. The average molecular weight is 226 g/mol. The first-order chi connectivity index (χ1) is 7.52. The van der Waals surface area contributed by atoms with E-state index in [0.717, 1.165) is 5.69 Å². The highest BCUT2D eigenvalue weighted by molar-refractivity contribution is 5.82. The first kappa shape index (κ1) is 12.5. The molecule has 1 amide bonds. The molecule has 1 aromatic rings. The van der Waals surface area contributed by atoms with Gasteiger partial charge >= 0.3 is 0 Å². The Bertz CT molecular complexity index is 386. The maximum absolute atomic E-state index is 11.4. The Morgan fingerprint density at radius 1 is 1.69 bits per heavy atom. The summed E-state index contributed by atoms with van der Waals surface area (Å²) in [6, 6.07) is -0.561. The zero-order valence-corrected chi connectivity index (χ0v) is 10.1. The Morgan fingerprint density at radius 3 is 2.75 bits per heavy atom. The number of methoxy groups -OCH3 is 1. The number of nitrogens with zero attached hydrogens (tertiary/aromatic N) is 2. The maximum Gasteiger partial charge on any atom is 0.239 e. The third kappa shape index (κ3) is 2.16. The van der Waals surface area contributed by atoms with Crippen molar-refractivity contribution in [2.75, 3.05) is 13.7 Å². The summed E-state index contributed by atoms with van der Waals surface area (Å²) in [6.45, 7) is 4.38. The summed E-state index contributed by atoms with van der Waals surface area (Å²) < 4.78 is 6.82. The minimum atomic E-state index is -0.561. The molecule has 16 heavy (non-hydrogen) atoms. The van der Waals surface area contributed by atoms with Crippen molar-refractivity contribution in [3.05, 3.63) is 11.3 Å². The Balaban J connectivity index is 3.22. The molecule has 0 spiro atoms. The van der Waals surface area contributed by atoms with E-state index in [9.17, 15) is 4.79 Å². The van der Waals surface area contributed by atoms with Gasteiger partial charge in [-0.1, -0.05) is 6.92 Å². The molecule has 1 atom stereocenters. The van der Waals surface area contributed by atoms with Crippen molar-refractivity contribution < 1.29 is 9.53 Å². The van der Waals surface area contributed by atoms with Gasteiger partial charge in [0.25, 0.3) is 0 Å². The fourth-order valence-electron chi connectivity index (χ4n) is 1.78. The lowest BCUT2D eigenvalue weighted by molar-refractivity contribution is -0.120. The van der Waals surface area contributed by atoms with Crippen molar-refractivity contribution in [1.29, 1.82) is 0 Å². The van der Waals surface area contributed by atoms with Crippen molar-refractivity contribution in [2.45, 2.75) is 19.9 Å². The molecule has 0 bridgehead atoms. The highest BCUT2D eigenvalue weighted by atomic mass is 16.5. The zero-order valence-electron chi connectivity index (χ0n) is 10.1. The van der Waals surface area contributed by atoms with E-state index in [4.69, 9.17) is 10.5 Å². The van der Waals surface area contributed by atoms with Crippen molar-refractivity contribution in [3.8, 4) is 5.88 Å². The van der Waals surface area contributed by atoms with Crippen LogP contribution < -0.4 is 15.8 Å². The normalized spacial score (nSPS) is 12.5. The number of primary amides is 1. The quantitative estimate of drug-likeness (QED) is 0.733. The summed E-state index contributed by atoms with van der Waals surface area (Å²) in [6.07, 6.45) is 0. The molecular weight excluding hydrogens is 208 g/mol. The van der Waals surface area contributed by atoms with Crippen LogP contribution in [0, 0.1) is 6.92 Å². The first-order valence-electron chi connectivity index (χ1n) is 5.13. The molecule has 0 radical (unpaired) electrons. The van der Waals surface area contributed by atoms with Crippen LogP contribution in [0.2, 0.25) is 0 Å². The standard InChI is InChI=1S/C10H18N4O2/c1-5-12-8(9(11)15)7-6(2)13-14(3)10(7)16-4/h8,12H,5H2,1-4H3,(H2,11,15). The van der Waals surface area contributed by atoms with E-state index in [2.05, 4.69) is 10.4 Å². The van der Waals surface area contributed by atoms with Crippen LogP contribution >= 0.6 is 0 Å². The largest absolute Gasteiger partial charge is 0.481 e. The minimum Gasteiger partial charge on any atom is -0.481 e. The SMILES string of the molecule is CCNC(C(N)=O)c1c(C)nn(C)c1OC. The second-order valence-corrected chi connectivity index (χ2v) is 3.53. The molecule has 3 N–H and O–H groups in total. The smallest absolute Gasteiger partial charge is 0.239 e.